The van der Waals surface area contributed by atoms with Gasteiger partial charge in [0.25, 0.3) is 0 Å². The number of allylic oxidation sites excluding steroid dienone is 1. The third kappa shape index (κ3) is 2.99. The number of halogens is 4. The van der Waals surface area contributed by atoms with Crippen molar-refractivity contribution in [1.82, 2.24) is 9.97 Å². The minimum absolute atomic E-state index is 0.0391. The van der Waals surface area contributed by atoms with E-state index in [1.165, 1.54) is 30.5 Å². The van der Waals surface area contributed by atoms with Gasteiger partial charge in [0.05, 0.1) is 0 Å². The van der Waals surface area contributed by atoms with Crippen LogP contribution in [0.2, 0.25) is 5.15 Å². The van der Waals surface area contributed by atoms with E-state index in [0.29, 0.717) is 5.56 Å². The molecule has 0 aliphatic carbocycles. The molecule has 0 radical (unpaired) electrons. The van der Waals surface area contributed by atoms with Gasteiger partial charge in [-0.2, -0.15) is 13.2 Å². The molecule has 0 bridgehead atoms. The summed E-state index contributed by atoms with van der Waals surface area (Å²) in [5, 5.41) is 0.215. The predicted octanol–water partition coefficient (Wildman–Crippen LogP) is 4.47. The Balaban J connectivity index is 2.56. The van der Waals surface area contributed by atoms with E-state index in [-0.39, 0.29) is 10.7 Å². The van der Waals surface area contributed by atoms with Crippen molar-refractivity contribution >= 4 is 11.6 Å². The minimum atomic E-state index is -4.52. The van der Waals surface area contributed by atoms with Gasteiger partial charge in [0, 0.05) is 18.3 Å². The minimum Gasteiger partial charge on any atom is -0.251 e. The lowest BCUT2D eigenvalue weighted by atomic mass is 9.91. The van der Waals surface area contributed by atoms with E-state index in [2.05, 4.69) is 16.5 Å². The third-order valence-corrected chi connectivity index (χ3v) is 2.99. The van der Waals surface area contributed by atoms with Crippen molar-refractivity contribution in [3.63, 3.8) is 0 Å². The molecule has 104 valence electrons. The fraction of sp³-hybridized carbons (Fsp3) is 0.143. The monoisotopic (exact) mass is 298 g/mol. The summed E-state index contributed by atoms with van der Waals surface area (Å²) in [6.07, 6.45) is -0.531. The van der Waals surface area contributed by atoms with Crippen LogP contribution in [0.25, 0.3) is 0 Å². The molecule has 0 N–H and O–H groups in total. The molecule has 0 spiro atoms. The van der Waals surface area contributed by atoms with Crippen molar-refractivity contribution in [2.24, 2.45) is 0 Å². The molecule has 1 atom stereocenters. The van der Waals surface area contributed by atoms with Crippen LogP contribution >= 0.6 is 11.6 Å². The molecular weight excluding hydrogens is 289 g/mol. The van der Waals surface area contributed by atoms with Gasteiger partial charge in [-0.25, -0.2) is 4.98 Å². The molecule has 2 aromatic heterocycles. The van der Waals surface area contributed by atoms with E-state index in [4.69, 9.17) is 11.6 Å². The number of hydrogen-bond donors (Lipinski definition) is 0. The van der Waals surface area contributed by atoms with E-state index in [1.807, 2.05) is 0 Å². The van der Waals surface area contributed by atoms with Crippen molar-refractivity contribution < 1.29 is 13.2 Å². The lowest BCUT2D eigenvalue weighted by Crippen LogP contribution is -2.14. The second-order valence-corrected chi connectivity index (χ2v) is 4.45. The summed E-state index contributed by atoms with van der Waals surface area (Å²) < 4.78 is 39.0. The SMILES string of the molecule is C=CC(c1ccnc(Cl)c1)c1cccnc1C(F)(F)F. The summed E-state index contributed by atoms with van der Waals surface area (Å²) in [5.41, 5.74) is -0.298. The summed E-state index contributed by atoms with van der Waals surface area (Å²) in [5.74, 6) is -0.652. The molecule has 0 saturated carbocycles. The van der Waals surface area contributed by atoms with Gasteiger partial charge in [-0.15, -0.1) is 6.58 Å². The van der Waals surface area contributed by atoms with Crippen molar-refractivity contribution in [2.45, 2.75) is 12.1 Å². The van der Waals surface area contributed by atoms with Gasteiger partial charge < -0.3 is 0 Å². The average molecular weight is 299 g/mol. The van der Waals surface area contributed by atoms with Crippen LogP contribution in [0.1, 0.15) is 22.7 Å². The third-order valence-electron chi connectivity index (χ3n) is 2.79. The van der Waals surface area contributed by atoms with Gasteiger partial charge in [0.2, 0.25) is 0 Å². The molecule has 2 aromatic rings. The van der Waals surface area contributed by atoms with Crippen molar-refractivity contribution in [3.8, 4) is 0 Å². The second-order valence-electron chi connectivity index (χ2n) is 4.06. The van der Waals surface area contributed by atoms with Crippen LogP contribution in [0.3, 0.4) is 0 Å². The Kier molecular flexibility index (Phi) is 4.09. The predicted molar refractivity (Wildman–Crippen MR) is 70.5 cm³/mol. The largest absolute Gasteiger partial charge is 0.433 e. The Labute approximate surface area is 118 Å². The molecule has 0 aromatic carbocycles. The summed E-state index contributed by atoms with van der Waals surface area (Å²) in [4.78, 5) is 7.26. The Hall–Kier alpha value is -1.88. The number of aromatic nitrogens is 2. The Bertz CT molecular complexity index is 626. The van der Waals surface area contributed by atoms with Crippen molar-refractivity contribution in [1.29, 1.82) is 0 Å². The van der Waals surface area contributed by atoms with E-state index in [1.54, 1.807) is 6.07 Å². The first-order valence-corrected chi connectivity index (χ1v) is 6.07. The molecule has 0 amide bonds. The number of nitrogens with zero attached hydrogens (tertiary/aromatic N) is 2. The first kappa shape index (κ1) is 14.5. The molecule has 20 heavy (non-hydrogen) atoms. The molecule has 2 nitrogen and oxygen atoms in total. The van der Waals surface area contributed by atoms with Crippen LogP contribution in [0.4, 0.5) is 13.2 Å². The van der Waals surface area contributed by atoms with E-state index >= 15 is 0 Å². The molecule has 0 aliphatic heterocycles. The van der Waals surface area contributed by atoms with Gasteiger partial charge in [-0.3, -0.25) is 4.98 Å². The quantitative estimate of drug-likeness (QED) is 0.617. The van der Waals surface area contributed by atoms with Gasteiger partial charge in [-0.1, -0.05) is 23.7 Å². The fourth-order valence-electron chi connectivity index (χ4n) is 1.96. The van der Waals surface area contributed by atoms with Gasteiger partial charge >= 0.3 is 6.18 Å². The first-order valence-electron chi connectivity index (χ1n) is 5.69. The zero-order valence-electron chi connectivity index (χ0n) is 10.2. The smallest absolute Gasteiger partial charge is 0.251 e. The van der Waals surface area contributed by atoms with E-state index in [9.17, 15) is 13.2 Å². The van der Waals surface area contributed by atoms with E-state index in [0.717, 1.165) is 6.20 Å². The topological polar surface area (TPSA) is 25.8 Å². The van der Waals surface area contributed by atoms with Crippen LogP contribution in [-0.2, 0) is 6.18 Å². The molecule has 1 unspecified atom stereocenters. The number of pyridine rings is 2. The van der Waals surface area contributed by atoms with Gasteiger partial charge in [0.15, 0.2) is 0 Å². The van der Waals surface area contributed by atoms with Crippen LogP contribution in [0.5, 0.6) is 0 Å². The van der Waals surface area contributed by atoms with Crippen LogP contribution < -0.4 is 0 Å². The van der Waals surface area contributed by atoms with Crippen molar-refractivity contribution in [3.05, 3.63) is 71.3 Å². The number of alkyl halides is 3. The Morgan fingerprint density at radius 3 is 2.55 bits per heavy atom. The highest BCUT2D eigenvalue weighted by atomic mass is 35.5. The Morgan fingerprint density at radius 2 is 1.95 bits per heavy atom. The standard InChI is InChI=1S/C14H10ClF3N2/c1-2-10(9-5-7-19-12(15)8-9)11-4-3-6-20-13(11)14(16,17)18/h2-8,10H,1H2. The van der Waals surface area contributed by atoms with Gasteiger partial charge in [0.1, 0.15) is 10.8 Å². The lowest BCUT2D eigenvalue weighted by molar-refractivity contribution is -0.141. The molecule has 0 aliphatic rings. The first-order chi connectivity index (χ1) is 9.43. The molecule has 2 heterocycles. The summed E-state index contributed by atoms with van der Waals surface area (Å²) >= 11 is 5.78. The van der Waals surface area contributed by atoms with Crippen LogP contribution in [0.15, 0.2) is 49.3 Å². The van der Waals surface area contributed by atoms with Crippen molar-refractivity contribution in [2.75, 3.05) is 0 Å². The fourth-order valence-corrected chi connectivity index (χ4v) is 2.14. The summed E-state index contributed by atoms with van der Waals surface area (Å²) in [6, 6.07) is 5.97. The maximum Gasteiger partial charge on any atom is 0.433 e. The molecule has 0 fully saturated rings. The normalized spacial score (nSPS) is 13.0. The second kappa shape index (κ2) is 5.63. The highest BCUT2D eigenvalue weighted by Gasteiger charge is 2.36. The molecule has 0 saturated heterocycles. The highest BCUT2D eigenvalue weighted by Crippen LogP contribution is 2.36. The molecular formula is C14H10ClF3N2. The summed E-state index contributed by atoms with van der Waals surface area (Å²) in [7, 11) is 0. The highest BCUT2D eigenvalue weighted by molar-refractivity contribution is 6.29. The molecule has 2 rings (SSSR count). The maximum atomic E-state index is 13.0. The van der Waals surface area contributed by atoms with Crippen LogP contribution in [0, 0.1) is 0 Å². The summed E-state index contributed by atoms with van der Waals surface area (Å²) in [6.45, 7) is 3.61. The lowest BCUT2D eigenvalue weighted by Gasteiger charge is -2.18. The van der Waals surface area contributed by atoms with E-state index < -0.39 is 17.8 Å². The Morgan fingerprint density at radius 1 is 1.20 bits per heavy atom. The zero-order valence-corrected chi connectivity index (χ0v) is 11.0. The number of rotatable bonds is 3. The van der Waals surface area contributed by atoms with Crippen LogP contribution in [-0.4, -0.2) is 9.97 Å². The van der Waals surface area contributed by atoms with Gasteiger partial charge in [-0.05, 0) is 29.3 Å². The average Bonchev–Trinajstić information content (AvgIpc) is 2.39. The number of hydrogen-bond acceptors (Lipinski definition) is 2. The molecule has 6 heteroatoms. The maximum absolute atomic E-state index is 13.0. The zero-order chi connectivity index (χ0) is 14.8.